The number of carbonyl (C=O) groups excluding carboxylic acids is 1. The minimum atomic E-state index is 0.109. The van der Waals surface area contributed by atoms with Crippen molar-refractivity contribution >= 4 is 34.3 Å². The maximum Gasteiger partial charge on any atom is 0.256 e. The van der Waals surface area contributed by atoms with Gasteiger partial charge in [-0.05, 0) is 98.3 Å². The van der Waals surface area contributed by atoms with E-state index >= 15 is 0 Å². The Morgan fingerprint density at radius 2 is 1.74 bits per heavy atom. The Labute approximate surface area is 225 Å². The third kappa shape index (κ3) is 5.28. The number of benzene rings is 3. The summed E-state index contributed by atoms with van der Waals surface area (Å²) in [6, 6.07) is 19.2. The highest BCUT2D eigenvalue weighted by Gasteiger charge is 2.31. The molecule has 0 N–H and O–H groups in total. The van der Waals surface area contributed by atoms with Crippen molar-refractivity contribution in [2.75, 3.05) is 50.8 Å². The number of aryl methyl sites for hydroxylation is 1. The van der Waals surface area contributed by atoms with Crippen LogP contribution in [0.15, 0.2) is 59.6 Å². The van der Waals surface area contributed by atoms with Crippen LogP contribution in [0.3, 0.4) is 0 Å². The lowest BCUT2D eigenvalue weighted by molar-refractivity contribution is 0.0775. The van der Waals surface area contributed by atoms with Gasteiger partial charge in [0.1, 0.15) is 5.75 Å². The van der Waals surface area contributed by atoms with Gasteiger partial charge in [0.2, 0.25) is 0 Å². The van der Waals surface area contributed by atoms with Crippen LogP contribution in [0.2, 0.25) is 0 Å². The van der Waals surface area contributed by atoms with Crippen molar-refractivity contribution in [1.29, 1.82) is 0 Å². The van der Waals surface area contributed by atoms with Crippen molar-refractivity contribution in [3.63, 3.8) is 0 Å². The quantitative estimate of drug-likeness (QED) is 0.357. The van der Waals surface area contributed by atoms with E-state index in [1.807, 2.05) is 23.2 Å². The number of anilines is 1. The van der Waals surface area contributed by atoms with Crippen LogP contribution in [-0.2, 0) is 0 Å². The molecule has 0 aliphatic carbocycles. The van der Waals surface area contributed by atoms with E-state index in [9.17, 15) is 4.79 Å². The SMILES string of the molecule is Cc1cc2cc3c(cc2cc1OCCCCCN1CCN(c2ccccc2)CC1)N=C[C@@H]1CCCN1C3=O. The number of rotatable bonds is 8. The van der Waals surface area contributed by atoms with E-state index in [-0.39, 0.29) is 11.9 Å². The van der Waals surface area contributed by atoms with Gasteiger partial charge in [0, 0.05) is 44.6 Å². The Kier molecular flexibility index (Phi) is 7.32. The lowest BCUT2D eigenvalue weighted by Crippen LogP contribution is -2.46. The number of carbonyl (C=O) groups is 1. The fourth-order valence-electron chi connectivity index (χ4n) is 6.05. The second-order valence-corrected chi connectivity index (χ2v) is 10.9. The van der Waals surface area contributed by atoms with Crippen LogP contribution in [0.4, 0.5) is 11.4 Å². The van der Waals surface area contributed by atoms with Crippen molar-refractivity contribution in [3.8, 4) is 5.75 Å². The summed E-state index contributed by atoms with van der Waals surface area (Å²) in [5.41, 5.74) is 3.94. The predicted octanol–water partition coefficient (Wildman–Crippen LogP) is 5.84. The van der Waals surface area contributed by atoms with E-state index in [0.717, 1.165) is 86.4 Å². The van der Waals surface area contributed by atoms with Gasteiger partial charge >= 0.3 is 0 Å². The third-order valence-corrected chi connectivity index (χ3v) is 8.29. The van der Waals surface area contributed by atoms with Crippen molar-refractivity contribution < 1.29 is 9.53 Å². The number of amides is 1. The van der Waals surface area contributed by atoms with Gasteiger partial charge in [-0.15, -0.1) is 0 Å². The predicted molar refractivity (Wildman–Crippen MR) is 155 cm³/mol. The Hall–Kier alpha value is -3.38. The lowest BCUT2D eigenvalue weighted by Gasteiger charge is -2.36. The van der Waals surface area contributed by atoms with Crippen LogP contribution in [0, 0.1) is 6.92 Å². The van der Waals surface area contributed by atoms with Gasteiger partial charge in [0.15, 0.2) is 0 Å². The van der Waals surface area contributed by atoms with Crippen LogP contribution < -0.4 is 9.64 Å². The molecule has 0 unspecified atom stereocenters. The smallest absolute Gasteiger partial charge is 0.256 e. The largest absolute Gasteiger partial charge is 0.493 e. The molecule has 0 radical (unpaired) electrons. The standard InChI is InChI=1S/C32H38N4O2/c1-24-19-25-20-29-30(33-23-28-11-8-13-36(28)32(29)37)21-26(25)22-31(24)38-18-7-3-6-12-34-14-16-35(17-15-34)27-9-4-2-5-10-27/h2,4-5,9-10,19-23,28H,3,6-8,11-18H2,1H3/t28-/m0/s1. The summed E-state index contributed by atoms with van der Waals surface area (Å²) in [5.74, 6) is 1.04. The summed E-state index contributed by atoms with van der Waals surface area (Å²) in [4.78, 5) is 24.9. The van der Waals surface area contributed by atoms with E-state index < -0.39 is 0 Å². The second-order valence-electron chi connectivity index (χ2n) is 10.9. The van der Waals surface area contributed by atoms with Crippen molar-refractivity contribution in [2.24, 2.45) is 4.99 Å². The van der Waals surface area contributed by atoms with Gasteiger partial charge in [-0.3, -0.25) is 14.7 Å². The molecule has 198 valence electrons. The maximum absolute atomic E-state index is 13.1. The molecule has 6 rings (SSSR count). The number of ether oxygens (including phenoxy) is 1. The highest BCUT2D eigenvalue weighted by atomic mass is 16.5. The van der Waals surface area contributed by atoms with Crippen molar-refractivity contribution in [3.05, 3.63) is 65.7 Å². The molecule has 3 aromatic carbocycles. The van der Waals surface area contributed by atoms with Gasteiger partial charge in [-0.25, -0.2) is 0 Å². The van der Waals surface area contributed by atoms with Crippen LogP contribution in [0.25, 0.3) is 10.8 Å². The molecule has 3 aromatic rings. The minimum Gasteiger partial charge on any atom is -0.493 e. The maximum atomic E-state index is 13.1. The number of aliphatic imine (C=N–C) groups is 1. The van der Waals surface area contributed by atoms with Gasteiger partial charge in [-0.1, -0.05) is 18.2 Å². The first kappa shape index (κ1) is 24.9. The number of nitrogens with zero attached hydrogens (tertiary/aromatic N) is 4. The summed E-state index contributed by atoms with van der Waals surface area (Å²) in [5, 5.41) is 2.15. The van der Waals surface area contributed by atoms with Crippen LogP contribution in [0.5, 0.6) is 5.75 Å². The number of hydrogen-bond acceptors (Lipinski definition) is 5. The molecular formula is C32H38N4O2. The van der Waals surface area contributed by atoms with Gasteiger partial charge < -0.3 is 14.5 Å². The van der Waals surface area contributed by atoms with E-state index in [2.05, 4.69) is 59.2 Å². The molecule has 1 amide bonds. The third-order valence-electron chi connectivity index (χ3n) is 8.29. The molecule has 38 heavy (non-hydrogen) atoms. The fraction of sp³-hybridized carbons (Fsp3) is 0.438. The molecule has 2 fully saturated rings. The molecule has 0 aromatic heterocycles. The molecule has 0 bridgehead atoms. The zero-order valence-electron chi connectivity index (χ0n) is 22.4. The molecule has 0 spiro atoms. The molecule has 0 saturated carbocycles. The van der Waals surface area contributed by atoms with E-state index in [0.29, 0.717) is 5.56 Å². The molecule has 6 heteroatoms. The van der Waals surface area contributed by atoms with Crippen LogP contribution in [0.1, 0.15) is 48.0 Å². The summed E-state index contributed by atoms with van der Waals surface area (Å²) >= 11 is 0. The minimum absolute atomic E-state index is 0.109. The van der Waals surface area contributed by atoms with Crippen molar-refractivity contribution in [2.45, 2.75) is 45.1 Å². The van der Waals surface area contributed by atoms with Crippen molar-refractivity contribution in [1.82, 2.24) is 9.80 Å². The summed E-state index contributed by atoms with van der Waals surface area (Å²) < 4.78 is 6.22. The second kappa shape index (κ2) is 11.2. The Morgan fingerprint density at radius 3 is 2.58 bits per heavy atom. The van der Waals surface area contributed by atoms with Crippen LogP contribution in [-0.4, -0.2) is 73.8 Å². The number of para-hydroxylation sites is 1. The number of hydrogen-bond donors (Lipinski definition) is 0. The molecule has 6 nitrogen and oxygen atoms in total. The summed E-state index contributed by atoms with van der Waals surface area (Å²) in [7, 11) is 0. The molecule has 2 saturated heterocycles. The molecule has 1 atom stereocenters. The highest BCUT2D eigenvalue weighted by Crippen LogP contribution is 2.35. The van der Waals surface area contributed by atoms with E-state index in [4.69, 9.17) is 9.73 Å². The average molecular weight is 511 g/mol. The van der Waals surface area contributed by atoms with E-state index in [1.54, 1.807) is 0 Å². The average Bonchev–Trinajstić information content (AvgIpc) is 3.38. The first-order chi connectivity index (χ1) is 18.7. The number of fused-ring (bicyclic) bond motifs is 3. The first-order valence-electron chi connectivity index (χ1n) is 14.2. The monoisotopic (exact) mass is 510 g/mol. The molecular weight excluding hydrogens is 472 g/mol. The zero-order chi connectivity index (χ0) is 25.9. The summed E-state index contributed by atoms with van der Waals surface area (Å²) in [6.45, 7) is 9.30. The van der Waals surface area contributed by atoms with Gasteiger partial charge in [0.25, 0.3) is 5.91 Å². The Bertz CT molecular complexity index is 1310. The highest BCUT2D eigenvalue weighted by molar-refractivity contribution is 6.06. The number of piperazine rings is 1. The van der Waals surface area contributed by atoms with Crippen LogP contribution >= 0.6 is 0 Å². The lowest BCUT2D eigenvalue weighted by atomic mass is 10.0. The fourth-order valence-corrected chi connectivity index (χ4v) is 6.05. The molecule has 3 heterocycles. The first-order valence-corrected chi connectivity index (χ1v) is 14.2. The van der Waals surface area contributed by atoms with Gasteiger partial charge in [-0.2, -0.15) is 0 Å². The number of unbranched alkanes of at least 4 members (excludes halogenated alkanes) is 2. The normalized spacial score (nSPS) is 19.5. The van der Waals surface area contributed by atoms with E-state index in [1.165, 1.54) is 25.1 Å². The zero-order valence-corrected chi connectivity index (χ0v) is 22.4. The summed E-state index contributed by atoms with van der Waals surface area (Å²) in [6.07, 6.45) is 7.45. The van der Waals surface area contributed by atoms with Gasteiger partial charge in [0.05, 0.1) is 23.9 Å². The molecule has 3 aliphatic rings. The Morgan fingerprint density at radius 1 is 0.921 bits per heavy atom. The molecule has 3 aliphatic heterocycles. The Balaban J connectivity index is 0.986. The topological polar surface area (TPSA) is 48.4 Å².